The van der Waals surface area contributed by atoms with Gasteiger partial charge in [-0.05, 0) is 66.7 Å². The molecule has 0 aliphatic carbocycles. The van der Waals surface area contributed by atoms with E-state index in [1.165, 1.54) is 21.8 Å². The minimum Gasteiger partial charge on any atom is -0.456 e. The third-order valence-electron chi connectivity index (χ3n) is 10.8. The summed E-state index contributed by atoms with van der Waals surface area (Å²) in [7, 11) is 0. The van der Waals surface area contributed by atoms with Crippen LogP contribution < -0.4 is 4.90 Å². The first-order valence-corrected chi connectivity index (χ1v) is 17.8. The molecule has 12 aromatic rings. The Hall–Kier alpha value is -7.24. The van der Waals surface area contributed by atoms with Gasteiger partial charge in [-0.25, -0.2) is 0 Å². The van der Waals surface area contributed by atoms with Gasteiger partial charge in [-0.2, -0.15) is 0 Å². The first kappa shape index (κ1) is 28.5. The molecule has 53 heavy (non-hydrogen) atoms. The van der Waals surface area contributed by atoms with Gasteiger partial charge in [0.2, 0.25) is 0 Å². The molecule has 0 amide bonds. The minimum atomic E-state index is 0.801. The summed E-state index contributed by atoms with van der Waals surface area (Å²) in [5.74, 6) is 0. The van der Waals surface area contributed by atoms with Gasteiger partial charge in [0.25, 0.3) is 0 Å². The highest BCUT2D eigenvalue weighted by Gasteiger charge is 2.24. The van der Waals surface area contributed by atoms with Crippen molar-refractivity contribution in [3.05, 3.63) is 170 Å². The molecule has 5 heteroatoms. The third-order valence-corrected chi connectivity index (χ3v) is 10.8. The molecule has 5 nitrogen and oxygen atoms in total. The van der Waals surface area contributed by atoms with E-state index in [0.29, 0.717) is 0 Å². The minimum absolute atomic E-state index is 0.801. The molecule has 8 aromatic carbocycles. The van der Waals surface area contributed by atoms with Crippen LogP contribution in [0.4, 0.5) is 17.1 Å². The Labute approximate surface area is 302 Å². The standard InChI is InChI=1S/C48H28N2O3/c1-5-17-39-31(11-1)32-12-2-6-18-40(32)49(39)29-24-26-45-38(27-29)35-25-23-30(28-46(35)51-45)50(41-19-9-15-36-33-13-3-7-21-43(33)52-47(36)41)42-20-10-16-37-34-14-4-8-22-44(34)53-48(37)42/h1-28H. The van der Waals surface area contributed by atoms with E-state index in [2.05, 4.69) is 155 Å². The van der Waals surface area contributed by atoms with Crippen molar-refractivity contribution in [2.45, 2.75) is 0 Å². The fraction of sp³-hybridized carbons (Fsp3) is 0. The molecular formula is C48H28N2O3. The highest BCUT2D eigenvalue weighted by atomic mass is 16.3. The van der Waals surface area contributed by atoms with Crippen LogP contribution in [0.1, 0.15) is 0 Å². The Morgan fingerprint density at radius 3 is 1.47 bits per heavy atom. The Morgan fingerprint density at radius 1 is 0.340 bits per heavy atom. The number of aromatic nitrogens is 1. The number of fused-ring (bicyclic) bond motifs is 12. The van der Waals surface area contributed by atoms with Gasteiger partial charge in [0, 0.05) is 54.8 Å². The summed E-state index contributed by atoms with van der Waals surface area (Å²) in [6.07, 6.45) is 0. The normalized spacial score (nSPS) is 12.2. The van der Waals surface area contributed by atoms with Crippen molar-refractivity contribution >= 4 is 105 Å². The van der Waals surface area contributed by atoms with Gasteiger partial charge in [0.15, 0.2) is 11.2 Å². The van der Waals surface area contributed by atoms with Crippen LogP contribution in [0, 0.1) is 0 Å². The van der Waals surface area contributed by atoms with Gasteiger partial charge < -0.3 is 22.7 Å². The van der Waals surface area contributed by atoms with E-state index < -0.39 is 0 Å². The van der Waals surface area contributed by atoms with Crippen LogP contribution in [0.5, 0.6) is 0 Å². The fourth-order valence-electron chi connectivity index (χ4n) is 8.46. The summed E-state index contributed by atoms with van der Waals surface area (Å²) in [6.45, 7) is 0. The molecule has 0 N–H and O–H groups in total. The van der Waals surface area contributed by atoms with E-state index in [1.54, 1.807) is 0 Å². The van der Waals surface area contributed by atoms with Gasteiger partial charge in [0.05, 0.1) is 28.1 Å². The second-order valence-electron chi connectivity index (χ2n) is 13.7. The van der Waals surface area contributed by atoms with Crippen molar-refractivity contribution in [2.24, 2.45) is 0 Å². The number of hydrogen-bond donors (Lipinski definition) is 0. The first-order valence-electron chi connectivity index (χ1n) is 17.8. The molecule has 12 rings (SSSR count). The van der Waals surface area contributed by atoms with Crippen LogP contribution in [0.2, 0.25) is 0 Å². The quantitative estimate of drug-likeness (QED) is 0.186. The number of para-hydroxylation sites is 6. The zero-order valence-corrected chi connectivity index (χ0v) is 28.3. The SMILES string of the molecule is c1ccc2c(c1)oc1c(N(c3ccc4c(c3)oc3ccc(-n5c6ccccc6c6ccccc65)cc34)c3cccc4c3oc3ccccc34)cccc12. The molecule has 4 heterocycles. The number of nitrogens with zero attached hydrogens (tertiary/aromatic N) is 2. The molecule has 0 aliphatic heterocycles. The average molecular weight is 681 g/mol. The molecule has 0 radical (unpaired) electrons. The zero-order valence-electron chi connectivity index (χ0n) is 28.3. The molecule has 0 saturated heterocycles. The smallest absolute Gasteiger partial charge is 0.159 e. The lowest BCUT2D eigenvalue weighted by molar-refractivity contribution is 0.665. The summed E-state index contributed by atoms with van der Waals surface area (Å²) in [5.41, 5.74) is 11.2. The maximum Gasteiger partial charge on any atom is 0.159 e. The molecule has 0 spiro atoms. The lowest BCUT2D eigenvalue weighted by Gasteiger charge is -2.25. The zero-order chi connectivity index (χ0) is 34.6. The molecule has 0 unspecified atom stereocenters. The summed E-state index contributed by atoms with van der Waals surface area (Å²) < 4.78 is 22.2. The largest absolute Gasteiger partial charge is 0.456 e. The third kappa shape index (κ3) is 4.02. The maximum absolute atomic E-state index is 6.65. The monoisotopic (exact) mass is 680 g/mol. The number of anilines is 3. The molecule has 0 bridgehead atoms. The maximum atomic E-state index is 6.65. The van der Waals surface area contributed by atoms with E-state index in [9.17, 15) is 0 Å². The molecule has 0 atom stereocenters. The highest BCUT2D eigenvalue weighted by molar-refractivity contribution is 6.15. The predicted octanol–water partition coefficient (Wildman–Crippen LogP) is 14.0. The topological polar surface area (TPSA) is 47.6 Å². The molecule has 4 aromatic heterocycles. The van der Waals surface area contributed by atoms with Crippen molar-refractivity contribution in [3.63, 3.8) is 0 Å². The van der Waals surface area contributed by atoms with E-state index >= 15 is 0 Å². The van der Waals surface area contributed by atoms with E-state index in [0.717, 1.165) is 88.6 Å². The van der Waals surface area contributed by atoms with Crippen LogP contribution in [0.3, 0.4) is 0 Å². The highest BCUT2D eigenvalue weighted by Crippen LogP contribution is 2.47. The first-order chi connectivity index (χ1) is 26.3. The van der Waals surface area contributed by atoms with Gasteiger partial charge in [0.1, 0.15) is 22.3 Å². The van der Waals surface area contributed by atoms with Gasteiger partial charge >= 0.3 is 0 Å². The molecule has 0 aliphatic rings. The number of rotatable bonds is 4. The second-order valence-corrected chi connectivity index (χ2v) is 13.7. The van der Waals surface area contributed by atoms with E-state index in [4.69, 9.17) is 13.3 Å². The molecule has 248 valence electrons. The van der Waals surface area contributed by atoms with Crippen molar-refractivity contribution in [3.8, 4) is 5.69 Å². The van der Waals surface area contributed by atoms with Crippen molar-refractivity contribution < 1.29 is 13.3 Å². The van der Waals surface area contributed by atoms with Gasteiger partial charge in [-0.3, -0.25) is 0 Å². The van der Waals surface area contributed by atoms with Gasteiger partial charge in [-0.1, -0.05) is 97.1 Å². The van der Waals surface area contributed by atoms with Crippen LogP contribution >= 0.6 is 0 Å². The number of furan rings is 3. The van der Waals surface area contributed by atoms with Crippen LogP contribution in [0.15, 0.2) is 183 Å². The molecule has 0 fully saturated rings. The number of benzene rings is 8. The Balaban J connectivity index is 1.09. The summed E-state index contributed by atoms with van der Waals surface area (Å²) in [4.78, 5) is 2.24. The summed E-state index contributed by atoms with van der Waals surface area (Å²) >= 11 is 0. The van der Waals surface area contributed by atoms with Crippen molar-refractivity contribution in [1.29, 1.82) is 0 Å². The van der Waals surface area contributed by atoms with Gasteiger partial charge in [-0.15, -0.1) is 0 Å². The van der Waals surface area contributed by atoms with E-state index in [-0.39, 0.29) is 0 Å². The fourth-order valence-corrected chi connectivity index (χ4v) is 8.46. The molecule has 0 saturated carbocycles. The summed E-state index contributed by atoms with van der Waals surface area (Å²) in [6, 6.07) is 59.3. The Kier molecular flexibility index (Phi) is 5.71. The second kappa shape index (κ2) is 10.6. The van der Waals surface area contributed by atoms with Crippen molar-refractivity contribution in [1.82, 2.24) is 4.57 Å². The Morgan fingerprint density at radius 2 is 0.849 bits per heavy atom. The van der Waals surface area contributed by atoms with Crippen LogP contribution in [-0.2, 0) is 0 Å². The van der Waals surface area contributed by atoms with E-state index in [1.807, 2.05) is 24.3 Å². The Bertz CT molecular complexity index is 3260. The van der Waals surface area contributed by atoms with Crippen LogP contribution in [0.25, 0.3) is 93.3 Å². The lowest BCUT2D eigenvalue weighted by Crippen LogP contribution is -2.10. The number of hydrogen-bond acceptors (Lipinski definition) is 4. The van der Waals surface area contributed by atoms with Crippen LogP contribution in [-0.4, -0.2) is 4.57 Å². The summed E-state index contributed by atoms with van der Waals surface area (Å²) in [5, 5.41) is 8.87. The predicted molar refractivity (Wildman–Crippen MR) is 217 cm³/mol. The molecular weight excluding hydrogens is 653 g/mol. The average Bonchev–Trinajstić information content (AvgIpc) is 3.97. The lowest BCUT2D eigenvalue weighted by atomic mass is 10.1. The van der Waals surface area contributed by atoms with Crippen molar-refractivity contribution in [2.75, 3.05) is 4.90 Å².